The molecule has 0 aliphatic heterocycles. The van der Waals surface area contributed by atoms with Crippen LogP contribution < -0.4 is 0 Å². The zero-order valence-electron chi connectivity index (χ0n) is 14.9. The largest absolute Gasteiger partial charge is 0.364 e. The Kier molecular flexibility index (Phi) is 15.9. The monoisotopic (exact) mass is 311 g/mol. The van der Waals surface area contributed by atoms with E-state index in [2.05, 4.69) is 20.4 Å². The quantitative estimate of drug-likeness (QED) is 0.209. The Hall–Kier alpha value is -0.830. The van der Waals surface area contributed by atoms with Crippen molar-refractivity contribution < 1.29 is 9.63 Å². The van der Waals surface area contributed by atoms with E-state index in [4.69, 9.17) is 4.84 Å². The van der Waals surface area contributed by atoms with E-state index in [-0.39, 0.29) is 5.97 Å². The molecule has 0 radical (unpaired) electrons. The molecule has 0 bridgehead atoms. The van der Waals surface area contributed by atoms with Crippen molar-refractivity contribution in [3.63, 3.8) is 0 Å². The van der Waals surface area contributed by atoms with E-state index >= 15 is 0 Å². The third-order valence-electron chi connectivity index (χ3n) is 3.91. The van der Waals surface area contributed by atoms with Gasteiger partial charge < -0.3 is 4.84 Å². The van der Waals surface area contributed by atoms with Gasteiger partial charge in [-0.15, -0.1) is 5.06 Å². The van der Waals surface area contributed by atoms with Crippen molar-refractivity contribution in [2.24, 2.45) is 0 Å². The van der Waals surface area contributed by atoms with Gasteiger partial charge in [0.05, 0.1) is 0 Å². The molecule has 0 rings (SSSR count). The molecular formula is C19H37NO2. The minimum Gasteiger partial charge on any atom is -0.364 e. The van der Waals surface area contributed by atoms with Crippen molar-refractivity contribution in [3.05, 3.63) is 12.7 Å². The second kappa shape index (κ2) is 16.5. The molecule has 0 aliphatic rings. The summed E-state index contributed by atoms with van der Waals surface area (Å²) in [5, 5.41) is 1.84. The molecule has 0 heterocycles. The number of carbonyl (C=O) groups excluding carboxylic acids is 1. The predicted octanol–water partition coefficient (Wildman–Crippen LogP) is 5.65. The van der Waals surface area contributed by atoms with Gasteiger partial charge in [-0.05, 0) is 12.8 Å². The van der Waals surface area contributed by atoms with Crippen LogP contribution in [-0.4, -0.2) is 24.1 Å². The normalized spacial score (nSPS) is 10.9. The summed E-state index contributed by atoms with van der Waals surface area (Å²) in [5.41, 5.74) is 0. The van der Waals surface area contributed by atoms with Crippen LogP contribution in [0.4, 0.5) is 0 Å². The second-order valence-corrected chi connectivity index (χ2v) is 6.08. The lowest BCUT2D eigenvalue weighted by molar-refractivity contribution is -0.184. The van der Waals surface area contributed by atoms with Gasteiger partial charge in [-0.25, -0.2) is 4.79 Å². The van der Waals surface area contributed by atoms with Crippen molar-refractivity contribution in [2.45, 2.75) is 90.9 Å². The maximum Gasteiger partial charge on any atom is 0.349 e. The first-order valence-corrected chi connectivity index (χ1v) is 9.33. The van der Waals surface area contributed by atoms with Crippen LogP contribution in [0.25, 0.3) is 0 Å². The first-order valence-electron chi connectivity index (χ1n) is 9.33. The predicted molar refractivity (Wildman–Crippen MR) is 94.6 cm³/mol. The number of hydrogen-bond acceptors (Lipinski definition) is 3. The molecule has 0 saturated heterocycles. The Morgan fingerprint density at radius 2 is 1.23 bits per heavy atom. The average Bonchev–Trinajstić information content (AvgIpc) is 2.53. The fourth-order valence-electron chi connectivity index (χ4n) is 2.50. The zero-order chi connectivity index (χ0) is 16.5. The number of unbranched alkanes of at least 4 members (excludes halogenated alkanes) is 10. The third-order valence-corrected chi connectivity index (χ3v) is 3.91. The summed E-state index contributed by atoms with van der Waals surface area (Å²) in [4.78, 5) is 16.7. The maximum atomic E-state index is 11.4. The van der Waals surface area contributed by atoms with Crippen LogP contribution in [0.3, 0.4) is 0 Å². The standard InChI is InChI=1S/C19H37NO2/c1-4-7-9-11-13-15-17-20(22-19(21)6-3)18-16-14-12-10-8-5-2/h6H,3-5,7-18H2,1-2H3. The van der Waals surface area contributed by atoms with Crippen LogP contribution in [0.2, 0.25) is 0 Å². The summed E-state index contributed by atoms with van der Waals surface area (Å²) in [6.45, 7) is 9.63. The molecule has 0 unspecified atom stereocenters. The lowest BCUT2D eigenvalue weighted by atomic mass is 10.1. The maximum absolute atomic E-state index is 11.4. The van der Waals surface area contributed by atoms with Gasteiger partial charge in [-0.1, -0.05) is 84.6 Å². The average molecular weight is 312 g/mol. The fourth-order valence-corrected chi connectivity index (χ4v) is 2.50. The molecule has 130 valence electrons. The van der Waals surface area contributed by atoms with Gasteiger partial charge in [0, 0.05) is 19.2 Å². The molecule has 22 heavy (non-hydrogen) atoms. The summed E-state index contributed by atoms with van der Waals surface area (Å²) < 4.78 is 0. The lowest BCUT2D eigenvalue weighted by Gasteiger charge is -2.20. The van der Waals surface area contributed by atoms with Crippen molar-refractivity contribution in [2.75, 3.05) is 13.1 Å². The molecule has 0 spiro atoms. The van der Waals surface area contributed by atoms with Gasteiger partial charge >= 0.3 is 5.97 Å². The number of rotatable bonds is 16. The number of hydroxylamine groups is 2. The van der Waals surface area contributed by atoms with Gasteiger partial charge in [0.25, 0.3) is 0 Å². The Balaban J connectivity index is 3.79. The SMILES string of the molecule is C=CC(=O)ON(CCCCCCCC)CCCCCCCC. The van der Waals surface area contributed by atoms with E-state index in [0.717, 1.165) is 25.9 Å². The topological polar surface area (TPSA) is 29.5 Å². The van der Waals surface area contributed by atoms with E-state index in [1.165, 1.54) is 70.3 Å². The molecule has 0 aromatic rings. The first kappa shape index (κ1) is 21.2. The molecule has 3 nitrogen and oxygen atoms in total. The summed E-state index contributed by atoms with van der Waals surface area (Å²) >= 11 is 0. The highest BCUT2D eigenvalue weighted by atomic mass is 16.7. The van der Waals surface area contributed by atoms with Gasteiger partial charge in [-0.3, -0.25) is 0 Å². The van der Waals surface area contributed by atoms with Crippen molar-refractivity contribution in [1.29, 1.82) is 0 Å². The second-order valence-electron chi connectivity index (χ2n) is 6.08. The smallest absolute Gasteiger partial charge is 0.349 e. The third kappa shape index (κ3) is 14.1. The van der Waals surface area contributed by atoms with Crippen LogP contribution in [0.5, 0.6) is 0 Å². The van der Waals surface area contributed by atoms with E-state index < -0.39 is 0 Å². The van der Waals surface area contributed by atoms with Crippen molar-refractivity contribution in [3.8, 4) is 0 Å². The molecule has 0 aliphatic carbocycles. The summed E-state index contributed by atoms with van der Waals surface area (Å²) in [6, 6.07) is 0. The van der Waals surface area contributed by atoms with E-state index in [9.17, 15) is 4.79 Å². The molecule has 0 amide bonds. The summed E-state index contributed by atoms with van der Waals surface area (Å²) in [6.07, 6.45) is 16.3. The lowest BCUT2D eigenvalue weighted by Crippen LogP contribution is -2.28. The van der Waals surface area contributed by atoms with E-state index in [0.29, 0.717) is 0 Å². The molecule has 0 N–H and O–H groups in total. The minimum atomic E-state index is -0.336. The highest BCUT2D eigenvalue weighted by molar-refractivity contribution is 5.80. The molecule has 3 heteroatoms. The Morgan fingerprint density at radius 1 is 0.818 bits per heavy atom. The van der Waals surface area contributed by atoms with Gasteiger partial charge in [0.2, 0.25) is 0 Å². The molecule has 0 saturated carbocycles. The number of hydrogen-bond donors (Lipinski definition) is 0. The molecule has 0 aromatic heterocycles. The first-order chi connectivity index (χ1) is 10.7. The van der Waals surface area contributed by atoms with Crippen LogP contribution in [0.1, 0.15) is 90.9 Å². The summed E-state index contributed by atoms with van der Waals surface area (Å²) in [5.74, 6) is -0.336. The van der Waals surface area contributed by atoms with Crippen LogP contribution in [0, 0.1) is 0 Å². The van der Waals surface area contributed by atoms with Gasteiger partial charge in [-0.2, -0.15) is 0 Å². The fraction of sp³-hybridized carbons (Fsp3) is 0.842. The van der Waals surface area contributed by atoms with Crippen molar-refractivity contribution >= 4 is 5.97 Å². The van der Waals surface area contributed by atoms with Crippen molar-refractivity contribution in [1.82, 2.24) is 5.06 Å². The summed E-state index contributed by atoms with van der Waals surface area (Å²) in [7, 11) is 0. The number of carbonyl (C=O) groups is 1. The molecule has 0 aromatic carbocycles. The zero-order valence-corrected chi connectivity index (χ0v) is 14.9. The van der Waals surface area contributed by atoms with Crippen LogP contribution in [0.15, 0.2) is 12.7 Å². The van der Waals surface area contributed by atoms with Gasteiger partial charge in [0.1, 0.15) is 0 Å². The highest BCUT2D eigenvalue weighted by Gasteiger charge is 2.09. The molecule has 0 atom stereocenters. The Morgan fingerprint density at radius 3 is 1.64 bits per heavy atom. The van der Waals surface area contributed by atoms with E-state index in [1.807, 2.05) is 5.06 Å². The Labute approximate surface area is 138 Å². The molecular weight excluding hydrogens is 274 g/mol. The minimum absolute atomic E-state index is 0.336. The molecule has 0 fully saturated rings. The van der Waals surface area contributed by atoms with E-state index in [1.54, 1.807) is 0 Å². The van der Waals surface area contributed by atoms with Gasteiger partial charge in [0.15, 0.2) is 0 Å². The number of nitrogens with zero attached hydrogens (tertiary/aromatic N) is 1. The Bertz CT molecular complexity index is 250. The van der Waals surface area contributed by atoms with Crippen LogP contribution in [-0.2, 0) is 9.63 Å². The van der Waals surface area contributed by atoms with Crippen LogP contribution >= 0.6 is 0 Å². The highest BCUT2D eigenvalue weighted by Crippen LogP contribution is 2.09.